The molecule has 152 valence electrons. The molecule has 3 rings (SSSR count). The molecule has 1 atom stereocenters. The first kappa shape index (κ1) is 21.7. The molecule has 2 aromatic rings. The number of aliphatic carboxylic acids is 2. The fourth-order valence-corrected chi connectivity index (χ4v) is 3.72. The first-order valence-electron chi connectivity index (χ1n) is 9.76. The molecule has 0 amide bonds. The molecule has 0 bridgehead atoms. The van der Waals surface area contributed by atoms with Crippen LogP contribution in [0.2, 0.25) is 0 Å². The van der Waals surface area contributed by atoms with Crippen molar-refractivity contribution in [2.75, 3.05) is 11.9 Å². The Hall–Kier alpha value is -2.60. The fraction of sp³-hybridized carbons (Fsp3) is 0.455. The largest absolute Gasteiger partial charge is 0.481 e. The van der Waals surface area contributed by atoms with Crippen LogP contribution in [0, 0.1) is 5.41 Å². The highest BCUT2D eigenvalue weighted by Gasteiger charge is 2.32. The average Bonchev–Trinajstić information content (AvgIpc) is 2.69. The summed E-state index contributed by atoms with van der Waals surface area (Å²) in [6, 6.07) is 13.1. The quantitative estimate of drug-likeness (QED) is 0.595. The van der Waals surface area contributed by atoms with E-state index in [1.807, 2.05) is 42.5 Å². The summed E-state index contributed by atoms with van der Waals surface area (Å²) in [4.78, 5) is 21.4. The first-order chi connectivity index (χ1) is 13.4. The van der Waals surface area contributed by atoms with Crippen LogP contribution in [0.25, 0.3) is 10.8 Å². The Labute approximate surface area is 165 Å². The van der Waals surface area contributed by atoms with E-state index in [2.05, 4.69) is 5.32 Å². The van der Waals surface area contributed by atoms with Crippen molar-refractivity contribution in [1.82, 2.24) is 0 Å². The number of benzene rings is 2. The Bertz CT molecular complexity index is 795. The van der Waals surface area contributed by atoms with Gasteiger partial charge >= 0.3 is 11.9 Å². The Morgan fingerprint density at radius 1 is 1.07 bits per heavy atom. The average molecular weight is 386 g/mol. The number of hydrogen-bond donors (Lipinski definition) is 4. The molecule has 1 aliphatic carbocycles. The second-order valence-corrected chi connectivity index (χ2v) is 7.57. The normalized spacial score (nSPS) is 16.5. The summed E-state index contributed by atoms with van der Waals surface area (Å²) in [6.45, 7) is 2.16. The third-order valence-corrected chi connectivity index (χ3v) is 5.41. The minimum atomic E-state index is -0.854. The van der Waals surface area contributed by atoms with Gasteiger partial charge in [0.2, 0.25) is 0 Å². The predicted molar refractivity (Wildman–Crippen MR) is 111 cm³/mol. The maximum atomic E-state index is 10.8. The number of anilines is 1. The van der Waals surface area contributed by atoms with Crippen LogP contribution in [0.1, 0.15) is 45.4 Å². The van der Waals surface area contributed by atoms with Gasteiger partial charge in [-0.2, -0.15) is 0 Å². The van der Waals surface area contributed by atoms with E-state index in [0.29, 0.717) is 6.54 Å². The molecule has 2 aromatic carbocycles. The molecule has 1 aliphatic rings. The zero-order chi connectivity index (χ0) is 20.6. The third-order valence-electron chi connectivity index (χ3n) is 5.41. The summed E-state index contributed by atoms with van der Waals surface area (Å²) in [7, 11) is 0. The van der Waals surface area contributed by atoms with Gasteiger partial charge in [-0.3, -0.25) is 9.59 Å². The SMILES string of the molecule is C[C@H](Nc1cccc2ccccc12)C(=O)O.NCC1(CC(=O)O)CCCCC1. The van der Waals surface area contributed by atoms with E-state index < -0.39 is 18.0 Å². The van der Waals surface area contributed by atoms with Crippen LogP contribution in [0.5, 0.6) is 0 Å². The van der Waals surface area contributed by atoms with Crippen LogP contribution in [0.15, 0.2) is 42.5 Å². The zero-order valence-electron chi connectivity index (χ0n) is 16.4. The van der Waals surface area contributed by atoms with Gasteiger partial charge in [-0.25, -0.2) is 0 Å². The topological polar surface area (TPSA) is 113 Å². The molecule has 0 radical (unpaired) electrons. The predicted octanol–water partition coefficient (Wildman–Crippen LogP) is 4.10. The van der Waals surface area contributed by atoms with E-state index in [9.17, 15) is 9.59 Å². The molecule has 1 fully saturated rings. The molecule has 0 saturated heterocycles. The van der Waals surface area contributed by atoms with E-state index >= 15 is 0 Å². The molecular weight excluding hydrogens is 356 g/mol. The second kappa shape index (κ2) is 10.1. The maximum absolute atomic E-state index is 10.8. The molecule has 0 spiro atoms. The molecule has 28 heavy (non-hydrogen) atoms. The number of carbonyl (C=O) groups is 2. The lowest BCUT2D eigenvalue weighted by atomic mass is 9.72. The summed E-state index contributed by atoms with van der Waals surface area (Å²) in [6.07, 6.45) is 5.77. The van der Waals surface area contributed by atoms with Gasteiger partial charge in [0.25, 0.3) is 0 Å². The van der Waals surface area contributed by atoms with Gasteiger partial charge in [0.15, 0.2) is 0 Å². The first-order valence-corrected chi connectivity index (χ1v) is 9.76. The van der Waals surface area contributed by atoms with Crippen molar-refractivity contribution in [1.29, 1.82) is 0 Å². The number of fused-ring (bicyclic) bond motifs is 1. The van der Waals surface area contributed by atoms with E-state index in [4.69, 9.17) is 15.9 Å². The number of carboxylic acid groups (broad SMARTS) is 2. The monoisotopic (exact) mass is 386 g/mol. The van der Waals surface area contributed by atoms with Gasteiger partial charge in [0, 0.05) is 11.1 Å². The summed E-state index contributed by atoms with van der Waals surface area (Å²) >= 11 is 0. The highest BCUT2D eigenvalue weighted by molar-refractivity contribution is 5.95. The standard InChI is InChI=1S/C13H13NO2.C9H17NO2/c1-9(13(15)16)14-12-8-4-6-10-5-2-3-7-11(10)12;10-7-9(6-8(11)12)4-2-1-3-5-9/h2-9,14H,1H3,(H,15,16);1-7,10H2,(H,11,12)/t9-;/m0./s1. The molecule has 1 saturated carbocycles. The van der Waals surface area contributed by atoms with E-state index in [-0.39, 0.29) is 11.8 Å². The summed E-state index contributed by atoms with van der Waals surface area (Å²) < 4.78 is 0. The molecule has 5 N–H and O–H groups in total. The minimum absolute atomic E-state index is 0.0793. The molecular formula is C22H30N2O4. The van der Waals surface area contributed by atoms with Gasteiger partial charge in [-0.15, -0.1) is 0 Å². The molecule has 0 heterocycles. The van der Waals surface area contributed by atoms with Crippen molar-refractivity contribution >= 4 is 28.4 Å². The number of rotatable bonds is 6. The lowest BCUT2D eigenvalue weighted by Crippen LogP contribution is -2.34. The fourth-order valence-electron chi connectivity index (χ4n) is 3.72. The van der Waals surface area contributed by atoms with Crippen LogP contribution >= 0.6 is 0 Å². The van der Waals surface area contributed by atoms with E-state index in [0.717, 1.165) is 42.1 Å². The van der Waals surface area contributed by atoms with E-state index in [1.165, 1.54) is 6.42 Å². The number of carboxylic acids is 2. The van der Waals surface area contributed by atoms with Gasteiger partial charge < -0.3 is 21.3 Å². The molecule has 6 heteroatoms. The molecule has 6 nitrogen and oxygen atoms in total. The van der Waals surface area contributed by atoms with Crippen LogP contribution < -0.4 is 11.1 Å². The maximum Gasteiger partial charge on any atom is 0.325 e. The van der Waals surface area contributed by atoms with Crippen LogP contribution in [0.3, 0.4) is 0 Å². The van der Waals surface area contributed by atoms with Crippen molar-refractivity contribution in [3.05, 3.63) is 42.5 Å². The van der Waals surface area contributed by atoms with E-state index in [1.54, 1.807) is 6.92 Å². The molecule has 0 aromatic heterocycles. The zero-order valence-corrected chi connectivity index (χ0v) is 16.4. The number of nitrogens with two attached hydrogens (primary N) is 1. The second-order valence-electron chi connectivity index (χ2n) is 7.57. The Morgan fingerprint density at radius 3 is 2.32 bits per heavy atom. The minimum Gasteiger partial charge on any atom is -0.481 e. The van der Waals surface area contributed by atoms with Gasteiger partial charge in [-0.1, -0.05) is 55.7 Å². The highest BCUT2D eigenvalue weighted by Crippen LogP contribution is 2.38. The van der Waals surface area contributed by atoms with Crippen molar-refractivity contribution in [3.63, 3.8) is 0 Å². The third kappa shape index (κ3) is 5.96. The Morgan fingerprint density at radius 2 is 1.71 bits per heavy atom. The lowest BCUT2D eigenvalue weighted by Gasteiger charge is -2.34. The van der Waals surface area contributed by atoms with Crippen molar-refractivity contribution in [2.24, 2.45) is 11.1 Å². The number of nitrogens with one attached hydrogen (secondary N) is 1. The van der Waals surface area contributed by atoms with Crippen LogP contribution in [-0.4, -0.2) is 34.7 Å². The van der Waals surface area contributed by atoms with Gasteiger partial charge in [-0.05, 0) is 43.2 Å². The van der Waals surface area contributed by atoms with Crippen molar-refractivity contribution in [2.45, 2.75) is 51.5 Å². The summed E-state index contributed by atoms with van der Waals surface area (Å²) in [5.41, 5.74) is 6.40. The summed E-state index contributed by atoms with van der Waals surface area (Å²) in [5.74, 6) is -1.56. The smallest absolute Gasteiger partial charge is 0.325 e. The van der Waals surface area contributed by atoms with Crippen LogP contribution in [-0.2, 0) is 9.59 Å². The lowest BCUT2D eigenvalue weighted by molar-refractivity contribution is -0.140. The Kier molecular flexibility index (Phi) is 7.81. The van der Waals surface area contributed by atoms with Gasteiger partial charge in [0.1, 0.15) is 6.04 Å². The molecule has 0 aliphatic heterocycles. The molecule has 0 unspecified atom stereocenters. The Balaban J connectivity index is 0.000000209. The van der Waals surface area contributed by atoms with Gasteiger partial charge in [0.05, 0.1) is 6.42 Å². The van der Waals surface area contributed by atoms with Crippen molar-refractivity contribution < 1.29 is 19.8 Å². The highest BCUT2D eigenvalue weighted by atomic mass is 16.4. The van der Waals surface area contributed by atoms with Crippen LogP contribution in [0.4, 0.5) is 5.69 Å². The summed E-state index contributed by atoms with van der Waals surface area (Å²) in [5, 5.41) is 22.7. The number of hydrogen-bond acceptors (Lipinski definition) is 4. The van der Waals surface area contributed by atoms with Crippen molar-refractivity contribution in [3.8, 4) is 0 Å².